The quantitative estimate of drug-likeness (QED) is 0.822. The normalized spacial score (nSPS) is 13.6. The molecule has 2 aromatic rings. The summed E-state index contributed by atoms with van der Waals surface area (Å²) in [7, 11) is 2.98. The fourth-order valence-corrected chi connectivity index (χ4v) is 2.90. The van der Waals surface area contributed by atoms with Crippen molar-refractivity contribution in [3.05, 3.63) is 48.0 Å². The molecule has 0 atom stereocenters. The first-order valence-corrected chi connectivity index (χ1v) is 8.46. The van der Waals surface area contributed by atoms with Crippen LogP contribution >= 0.6 is 0 Å². The molecule has 1 aliphatic rings. The smallest absolute Gasteiger partial charge is 0.325 e. The van der Waals surface area contributed by atoms with E-state index in [4.69, 9.17) is 9.47 Å². The predicted octanol–water partition coefficient (Wildman–Crippen LogP) is 2.86. The minimum atomic E-state index is -1.04. The summed E-state index contributed by atoms with van der Waals surface area (Å²) in [6, 6.07) is 7.73. The second kappa shape index (κ2) is 8.12. The lowest BCUT2D eigenvalue weighted by Gasteiger charge is -2.19. The number of carbonyl (C=O) groups excluding carboxylic acids is 2. The summed E-state index contributed by atoms with van der Waals surface area (Å²) in [5, 5.41) is 2.69. The Morgan fingerprint density at radius 2 is 1.86 bits per heavy atom. The first-order chi connectivity index (χ1) is 13.4. The lowest BCUT2D eigenvalue weighted by atomic mass is 10.2. The number of benzene rings is 2. The zero-order valence-corrected chi connectivity index (χ0v) is 15.4. The van der Waals surface area contributed by atoms with E-state index >= 15 is 0 Å². The third kappa shape index (κ3) is 3.98. The molecule has 0 unspecified atom stereocenters. The van der Waals surface area contributed by atoms with E-state index in [9.17, 15) is 18.4 Å². The number of nitrogens with one attached hydrogen (secondary N) is 1. The molecule has 1 aliphatic heterocycles. The predicted molar refractivity (Wildman–Crippen MR) is 98.8 cm³/mol. The molecule has 0 saturated carbocycles. The maximum absolute atomic E-state index is 13.4. The summed E-state index contributed by atoms with van der Waals surface area (Å²) in [6.45, 7) is 0.347. The van der Waals surface area contributed by atoms with E-state index in [0.717, 1.165) is 12.1 Å². The number of ether oxygens (including phenoxy) is 2. The minimum Gasteiger partial charge on any atom is -0.497 e. The molecular weight excluding hydrogens is 372 g/mol. The van der Waals surface area contributed by atoms with Crippen molar-refractivity contribution in [2.75, 3.05) is 44.1 Å². The van der Waals surface area contributed by atoms with Gasteiger partial charge in [-0.15, -0.1) is 0 Å². The first-order valence-electron chi connectivity index (χ1n) is 8.46. The number of hydrogen-bond donors (Lipinski definition) is 1. The van der Waals surface area contributed by atoms with E-state index in [-0.39, 0.29) is 25.3 Å². The summed E-state index contributed by atoms with van der Waals surface area (Å²) in [4.78, 5) is 27.5. The molecule has 0 aromatic heterocycles. The van der Waals surface area contributed by atoms with Gasteiger partial charge < -0.3 is 19.7 Å². The van der Waals surface area contributed by atoms with Crippen molar-refractivity contribution in [3.8, 4) is 11.5 Å². The molecule has 3 rings (SSSR count). The maximum Gasteiger partial charge on any atom is 0.325 e. The van der Waals surface area contributed by atoms with Gasteiger partial charge in [0.05, 0.1) is 19.9 Å². The standard InChI is InChI=1S/C19H19F2N3O4/c1-27-13-4-6-17(28-2)16(10-13)22-18(25)11-23-7-8-24(19(23)26)12-3-5-14(20)15(21)9-12/h3-6,9-10H,7-8,11H2,1-2H3,(H,22,25). The molecule has 0 spiro atoms. The summed E-state index contributed by atoms with van der Waals surface area (Å²) in [5.41, 5.74) is 0.650. The Bertz CT molecular complexity index is 907. The Morgan fingerprint density at radius 1 is 1.07 bits per heavy atom. The highest BCUT2D eigenvalue weighted by Crippen LogP contribution is 2.29. The average Bonchev–Trinajstić information content (AvgIpc) is 3.04. The van der Waals surface area contributed by atoms with Crippen LogP contribution in [0.3, 0.4) is 0 Å². The van der Waals surface area contributed by atoms with E-state index in [0.29, 0.717) is 17.2 Å². The van der Waals surface area contributed by atoms with E-state index < -0.39 is 23.6 Å². The van der Waals surface area contributed by atoms with Gasteiger partial charge in [0.2, 0.25) is 5.91 Å². The summed E-state index contributed by atoms with van der Waals surface area (Å²) < 4.78 is 36.9. The summed E-state index contributed by atoms with van der Waals surface area (Å²) >= 11 is 0. The number of amides is 3. The highest BCUT2D eigenvalue weighted by molar-refractivity contribution is 6.00. The molecule has 1 fully saturated rings. The third-order valence-corrected chi connectivity index (χ3v) is 4.33. The second-order valence-electron chi connectivity index (χ2n) is 6.07. The minimum absolute atomic E-state index is 0.195. The van der Waals surface area contributed by atoms with Gasteiger partial charge in [0.1, 0.15) is 18.0 Å². The average molecular weight is 391 g/mol. The van der Waals surface area contributed by atoms with Gasteiger partial charge in [0.25, 0.3) is 0 Å². The van der Waals surface area contributed by atoms with Crippen LogP contribution in [0.15, 0.2) is 36.4 Å². The number of halogens is 2. The Hall–Kier alpha value is -3.36. The number of methoxy groups -OCH3 is 2. The van der Waals surface area contributed by atoms with Crippen molar-refractivity contribution < 1.29 is 27.8 Å². The largest absolute Gasteiger partial charge is 0.497 e. The van der Waals surface area contributed by atoms with E-state index in [1.807, 2.05) is 0 Å². The van der Waals surface area contributed by atoms with Crippen molar-refractivity contribution in [3.63, 3.8) is 0 Å². The molecule has 1 saturated heterocycles. The monoisotopic (exact) mass is 391 g/mol. The van der Waals surface area contributed by atoms with Gasteiger partial charge in [-0.3, -0.25) is 9.69 Å². The molecule has 0 radical (unpaired) electrons. The van der Waals surface area contributed by atoms with Crippen LogP contribution in [0.1, 0.15) is 0 Å². The molecule has 2 aromatic carbocycles. The molecule has 0 aliphatic carbocycles. The Morgan fingerprint density at radius 3 is 2.54 bits per heavy atom. The van der Waals surface area contributed by atoms with Crippen LogP contribution in [0.4, 0.5) is 25.0 Å². The molecule has 3 amide bonds. The van der Waals surface area contributed by atoms with Gasteiger partial charge in [0.15, 0.2) is 11.6 Å². The number of urea groups is 1. The van der Waals surface area contributed by atoms with Gasteiger partial charge in [-0.25, -0.2) is 13.6 Å². The highest BCUT2D eigenvalue weighted by Gasteiger charge is 2.31. The van der Waals surface area contributed by atoms with Crippen molar-refractivity contribution >= 4 is 23.3 Å². The van der Waals surface area contributed by atoms with Crippen LogP contribution in [0.25, 0.3) is 0 Å². The van der Waals surface area contributed by atoms with Gasteiger partial charge >= 0.3 is 6.03 Å². The molecule has 148 valence electrons. The lowest BCUT2D eigenvalue weighted by molar-refractivity contribution is -0.116. The Kier molecular flexibility index (Phi) is 5.62. The molecule has 28 heavy (non-hydrogen) atoms. The number of anilines is 2. The molecule has 9 heteroatoms. The molecule has 0 bridgehead atoms. The first kappa shape index (κ1) is 19.4. The highest BCUT2D eigenvalue weighted by atomic mass is 19.2. The van der Waals surface area contributed by atoms with Gasteiger partial charge in [0, 0.05) is 30.9 Å². The van der Waals surface area contributed by atoms with Crippen LogP contribution < -0.4 is 19.7 Å². The van der Waals surface area contributed by atoms with Gasteiger partial charge in [-0.1, -0.05) is 0 Å². The van der Waals surface area contributed by atoms with Gasteiger partial charge in [-0.05, 0) is 24.3 Å². The van der Waals surface area contributed by atoms with E-state index in [2.05, 4.69) is 5.32 Å². The van der Waals surface area contributed by atoms with Gasteiger partial charge in [-0.2, -0.15) is 0 Å². The van der Waals surface area contributed by atoms with E-state index in [1.54, 1.807) is 18.2 Å². The van der Waals surface area contributed by atoms with Crippen LogP contribution in [-0.2, 0) is 4.79 Å². The maximum atomic E-state index is 13.4. The number of nitrogens with zero attached hydrogens (tertiary/aromatic N) is 2. The van der Waals surface area contributed by atoms with E-state index in [1.165, 1.54) is 30.1 Å². The van der Waals surface area contributed by atoms with Crippen LogP contribution in [0.5, 0.6) is 11.5 Å². The molecule has 7 nitrogen and oxygen atoms in total. The summed E-state index contributed by atoms with van der Waals surface area (Å²) in [5.74, 6) is -1.46. The fraction of sp³-hybridized carbons (Fsp3) is 0.263. The van der Waals surface area contributed by atoms with Crippen LogP contribution in [-0.4, -0.2) is 50.7 Å². The molecular formula is C19H19F2N3O4. The van der Waals surface area contributed by atoms with Crippen molar-refractivity contribution in [1.29, 1.82) is 0 Å². The third-order valence-electron chi connectivity index (χ3n) is 4.33. The molecule has 1 heterocycles. The zero-order valence-electron chi connectivity index (χ0n) is 15.4. The van der Waals surface area contributed by atoms with Crippen LogP contribution in [0, 0.1) is 11.6 Å². The molecule has 1 N–H and O–H groups in total. The van der Waals surface area contributed by atoms with Crippen LogP contribution in [0.2, 0.25) is 0 Å². The Labute approximate surface area is 160 Å². The number of hydrogen-bond acceptors (Lipinski definition) is 4. The second-order valence-corrected chi connectivity index (χ2v) is 6.07. The number of carbonyl (C=O) groups is 2. The topological polar surface area (TPSA) is 71.1 Å². The summed E-state index contributed by atoms with van der Waals surface area (Å²) in [6.07, 6.45) is 0. The SMILES string of the molecule is COc1ccc(OC)c(NC(=O)CN2CCN(c3ccc(F)c(F)c3)C2=O)c1. The van der Waals surface area contributed by atoms with Crippen molar-refractivity contribution in [1.82, 2.24) is 4.90 Å². The van der Waals surface area contributed by atoms with Crippen molar-refractivity contribution in [2.45, 2.75) is 0 Å². The van der Waals surface area contributed by atoms with Crippen molar-refractivity contribution in [2.24, 2.45) is 0 Å². The zero-order chi connectivity index (χ0) is 20.3. The number of rotatable bonds is 6. The Balaban J connectivity index is 1.67. The fourth-order valence-electron chi connectivity index (χ4n) is 2.90. The lowest BCUT2D eigenvalue weighted by Crippen LogP contribution is -2.37.